The van der Waals surface area contributed by atoms with E-state index in [1.165, 1.54) is 23.1 Å². The summed E-state index contributed by atoms with van der Waals surface area (Å²) in [6, 6.07) is 2.69. The second-order valence-electron chi connectivity index (χ2n) is 12.3. The Labute approximate surface area is 254 Å². The number of carbonyl (C=O) groups excluding carboxylic acids is 1. The summed E-state index contributed by atoms with van der Waals surface area (Å²) in [4.78, 5) is 32.9. The van der Waals surface area contributed by atoms with Crippen molar-refractivity contribution in [3.63, 3.8) is 0 Å². The molecule has 44 heavy (non-hydrogen) atoms. The van der Waals surface area contributed by atoms with Crippen molar-refractivity contribution in [2.45, 2.75) is 51.0 Å². The molecule has 1 aromatic carbocycles. The second-order valence-corrected chi connectivity index (χ2v) is 12.3. The van der Waals surface area contributed by atoms with Gasteiger partial charge in [-0.2, -0.15) is 23.1 Å². The number of carbonyl (C=O) groups is 1. The third-order valence-corrected chi connectivity index (χ3v) is 8.64. The molecule has 2 atom stereocenters. The molecule has 5 rings (SSSR count). The molecule has 2 aromatic rings. The van der Waals surface area contributed by atoms with Crippen LogP contribution in [-0.4, -0.2) is 91.2 Å². The SMILES string of the molecule is [C-]#[N+]C[C@H]1CN(c2nc(OCC3(CN(C)C)CC3)nc3c2C[C@@H](C)N(c2cccc(F)c2C(F)(F)F)C3)CCN1C(=O)C=C. The Balaban J connectivity index is 1.52. The summed E-state index contributed by atoms with van der Waals surface area (Å²) in [5.41, 5.74) is -0.278. The molecule has 0 spiro atoms. The van der Waals surface area contributed by atoms with E-state index < -0.39 is 29.6 Å². The molecule has 0 bridgehead atoms. The van der Waals surface area contributed by atoms with Crippen LogP contribution in [0.4, 0.5) is 29.1 Å². The molecule has 2 fully saturated rings. The summed E-state index contributed by atoms with van der Waals surface area (Å²) in [6.07, 6.45) is -1.32. The highest BCUT2D eigenvalue weighted by atomic mass is 19.4. The zero-order valence-electron chi connectivity index (χ0n) is 25.2. The van der Waals surface area contributed by atoms with Crippen LogP contribution in [0.3, 0.4) is 0 Å². The predicted octanol–water partition coefficient (Wildman–Crippen LogP) is 4.43. The summed E-state index contributed by atoms with van der Waals surface area (Å²) < 4.78 is 62.8. The molecule has 9 nitrogen and oxygen atoms in total. The molecular weight excluding hydrogens is 578 g/mol. The molecular formula is C31H37F4N7O2. The first kappa shape index (κ1) is 31.5. The third-order valence-electron chi connectivity index (χ3n) is 8.64. The Morgan fingerprint density at radius 3 is 2.66 bits per heavy atom. The van der Waals surface area contributed by atoms with Gasteiger partial charge in [0.15, 0.2) is 0 Å². The van der Waals surface area contributed by atoms with E-state index in [1.807, 2.05) is 19.0 Å². The van der Waals surface area contributed by atoms with Crippen LogP contribution >= 0.6 is 0 Å². The molecule has 13 heteroatoms. The molecule has 0 radical (unpaired) electrons. The molecule has 1 aliphatic carbocycles. The molecule has 1 saturated heterocycles. The number of nitrogens with zero attached hydrogens (tertiary/aromatic N) is 7. The number of piperazine rings is 1. The van der Waals surface area contributed by atoms with Gasteiger partial charge in [-0.3, -0.25) is 4.79 Å². The van der Waals surface area contributed by atoms with Crippen molar-refractivity contribution in [1.82, 2.24) is 19.8 Å². The van der Waals surface area contributed by atoms with Gasteiger partial charge in [0.25, 0.3) is 0 Å². The number of aromatic nitrogens is 2. The maximum Gasteiger partial charge on any atom is 0.421 e. The van der Waals surface area contributed by atoms with Crippen molar-refractivity contribution < 1.29 is 27.1 Å². The van der Waals surface area contributed by atoms with E-state index in [1.54, 1.807) is 11.8 Å². The van der Waals surface area contributed by atoms with Gasteiger partial charge in [0, 0.05) is 43.2 Å². The first-order valence-electron chi connectivity index (χ1n) is 14.7. The Kier molecular flexibility index (Phi) is 8.75. The van der Waals surface area contributed by atoms with Gasteiger partial charge >= 0.3 is 12.2 Å². The monoisotopic (exact) mass is 615 g/mol. The number of anilines is 2. The lowest BCUT2D eigenvalue weighted by atomic mass is 9.96. The normalized spacial score (nSPS) is 21.1. The van der Waals surface area contributed by atoms with Crippen LogP contribution in [0.2, 0.25) is 0 Å². The quantitative estimate of drug-likeness (QED) is 0.235. The van der Waals surface area contributed by atoms with Crippen LogP contribution in [-0.2, 0) is 23.9 Å². The molecule has 236 valence electrons. The van der Waals surface area contributed by atoms with Crippen LogP contribution < -0.4 is 14.5 Å². The Morgan fingerprint density at radius 2 is 2.02 bits per heavy atom. The number of fused-ring (bicyclic) bond motifs is 1. The number of ether oxygens (including phenoxy) is 1. The van der Waals surface area contributed by atoms with Crippen molar-refractivity contribution >= 4 is 17.4 Å². The van der Waals surface area contributed by atoms with Crippen molar-refractivity contribution in [2.75, 3.05) is 63.2 Å². The molecule has 2 aliphatic heterocycles. The molecule has 1 aromatic heterocycles. The number of halogens is 4. The van der Waals surface area contributed by atoms with Crippen molar-refractivity contribution in [3.8, 4) is 6.01 Å². The maximum atomic E-state index is 14.6. The zero-order valence-corrected chi connectivity index (χ0v) is 25.2. The minimum Gasteiger partial charge on any atom is -0.463 e. The van der Waals surface area contributed by atoms with Gasteiger partial charge in [-0.15, -0.1) is 0 Å². The van der Waals surface area contributed by atoms with Gasteiger partial charge in [0.05, 0.1) is 24.5 Å². The number of hydrogen-bond acceptors (Lipinski definition) is 7. The van der Waals surface area contributed by atoms with Gasteiger partial charge < -0.3 is 29.2 Å². The van der Waals surface area contributed by atoms with Crippen LogP contribution in [0.25, 0.3) is 4.85 Å². The number of alkyl halides is 3. The van der Waals surface area contributed by atoms with Gasteiger partial charge in [-0.25, -0.2) is 11.0 Å². The highest BCUT2D eigenvalue weighted by Crippen LogP contribution is 2.46. The molecule has 1 amide bonds. The minimum atomic E-state index is -4.88. The lowest BCUT2D eigenvalue weighted by molar-refractivity contribution is -0.139. The molecule has 3 heterocycles. The van der Waals surface area contributed by atoms with Crippen molar-refractivity contribution in [1.29, 1.82) is 0 Å². The zero-order chi connectivity index (χ0) is 31.8. The lowest BCUT2D eigenvalue weighted by Crippen LogP contribution is -2.56. The number of benzene rings is 1. The fraction of sp³-hybridized carbons (Fsp3) is 0.548. The number of hydrogen-bond donors (Lipinski definition) is 0. The number of amides is 1. The predicted molar refractivity (Wildman–Crippen MR) is 158 cm³/mol. The topological polar surface area (TPSA) is 69.4 Å². The fourth-order valence-corrected chi connectivity index (χ4v) is 6.37. The average molecular weight is 616 g/mol. The van der Waals surface area contributed by atoms with E-state index in [4.69, 9.17) is 21.3 Å². The Hall–Kier alpha value is -3.92. The van der Waals surface area contributed by atoms with Crippen LogP contribution in [0.5, 0.6) is 6.01 Å². The van der Waals surface area contributed by atoms with Gasteiger partial charge in [0.1, 0.15) is 23.2 Å². The second kappa shape index (κ2) is 12.2. The number of rotatable bonds is 9. The van der Waals surface area contributed by atoms with E-state index in [2.05, 4.69) is 16.3 Å². The van der Waals surface area contributed by atoms with Crippen LogP contribution in [0.15, 0.2) is 30.9 Å². The summed E-state index contributed by atoms with van der Waals surface area (Å²) in [5, 5.41) is 0. The summed E-state index contributed by atoms with van der Waals surface area (Å²) in [7, 11) is 4.00. The van der Waals surface area contributed by atoms with E-state index >= 15 is 0 Å². The van der Waals surface area contributed by atoms with Crippen LogP contribution in [0.1, 0.15) is 36.6 Å². The van der Waals surface area contributed by atoms with E-state index in [9.17, 15) is 22.4 Å². The molecule has 1 saturated carbocycles. The maximum absolute atomic E-state index is 14.6. The third kappa shape index (κ3) is 6.45. The summed E-state index contributed by atoms with van der Waals surface area (Å²) in [6.45, 7) is 15.3. The summed E-state index contributed by atoms with van der Waals surface area (Å²) >= 11 is 0. The smallest absolute Gasteiger partial charge is 0.421 e. The fourth-order valence-electron chi connectivity index (χ4n) is 6.37. The first-order chi connectivity index (χ1) is 20.9. The highest BCUT2D eigenvalue weighted by Gasteiger charge is 2.45. The van der Waals surface area contributed by atoms with E-state index in [0.717, 1.165) is 31.0 Å². The minimum absolute atomic E-state index is 0.00183. The van der Waals surface area contributed by atoms with E-state index in [-0.39, 0.29) is 36.1 Å². The standard InChI is InChI=1S/C31H37F4N7O2/c1-6-26(43)41-13-12-40(16-21(41)15-36-3)28-22-14-20(2)42(25-9-7-8-23(32)27(25)31(33,34)35)17-24(22)37-29(38-28)44-19-30(10-11-30)18-39(4)5/h6-9,20-21H,1,10-19H2,2,4-5H3/t20-,21+/m1/s1. The average Bonchev–Trinajstić information content (AvgIpc) is 3.73. The highest BCUT2D eigenvalue weighted by molar-refractivity contribution is 5.87. The Morgan fingerprint density at radius 1 is 1.27 bits per heavy atom. The molecule has 3 aliphatic rings. The van der Waals surface area contributed by atoms with E-state index in [0.29, 0.717) is 44.2 Å². The largest absolute Gasteiger partial charge is 0.463 e. The Bertz CT molecular complexity index is 1450. The van der Waals surface area contributed by atoms with Gasteiger partial charge in [-0.05, 0) is 58.5 Å². The van der Waals surface area contributed by atoms with Gasteiger partial charge in [0.2, 0.25) is 12.5 Å². The van der Waals surface area contributed by atoms with Crippen molar-refractivity contribution in [2.24, 2.45) is 5.41 Å². The molecule has 0 N–H and O–H groups in total. The van der Waals surface area contributed by atoms with Crippen molar-refractivity contribution in [3.05, 3.63) is 64.9 Å². The lowest BCUT2D eigenvalue weighted by Gasteiger charge is -2.42. The molecule has 0 unspecified atom stereocenters. The summed E-state index contributed by atoms with van der Waals surface area (Å²) in [5.74, 6) is -0.985. The first-order valence-corrected chi connectivity index (χ1v) is 14.7. The van der Waals surface area contributed by atoms with Crippen LogP contribution in [0, 0.1) is 17.8 Å². The van der Waals surface area contributed by atoms with Gasteiger partial charge in [-0.1, -0.05) is 12.6 Å².